The third-order valence-electron chi connectivity index (χ3n) is 3.18. The number of aldehydes is 1. The molecule has 116 valence electrons. The summed E-state index contributed by atoms with van der Waals surface area (Å²) in [7, 11) is 0. The van der Waals surface area contributed by atoms with Gasteiger partial charge in [-0.3, -0.25) is 4.79 Å². The van der Waals surface area contributed by atoms with Crippen molar-refractivity contribution in [2.24, 2.45) is 0 Å². The van der Waals surface area contributed by atoms with Crippen molar-refractivity contribution < 1.29 is 34.7 Å². The summed E-state index contributed by atoms with van der Waals surface area (Å²) in [5.74, 6) is 0.282. The van der Waals surface area contributed by atoms with Crippen LogP contribution in [0.3, 0.4) is 0 Å². The first kappa shape index (κ1) is 16.3. The van der Waals surface area contributed by atoms with E-state index in [2.05, 4.69) is 15.9 Å². The highest BCUT2D eigenvalue weighted by atomic mass is 79.9. The van der Waals surface area contributed by atoms with Crippen LogP contribution in [0.25, 0.3) is 0 Å². The highest BCUT2D eigenvalue weighted by Crippen LogP contribution is 2.30. The molecule has 0 spiro atoms. The van der Waals surface area contributed by atoms with Gasteiger partial charge in [0.15, 0.2) is 0 Å². The Hall–Kier alpha value is -1.03. The third kappa shape index (κ3) is 3.42. The monoisotopic (exact) mass is 362 g/mol. The average molecular weight is 363 g/mol. The lowest BCUT2D eigenvalue weighted by molar-refractivity contribution is -0.277. The molecule has 0 radical (unpaired) electrons. The molecular weight excluding hydrogens is 348 g/mol. The molecule has 0 aliphatic carbocycles. The molecule has 8 heteroatoms. The number of hydrogen-bond donors (Lipinski definition) is 4. The number of carbonyl (C=O) groups excluding carboxylic acids is 1. The Morgan fingerprint density at radius 1 is 1.24 bits per heavy atom. The van der Waals surface area contributed by atoms with Crippen LogP contribution in [0, 0.1) is 0 Å². The average Bonchev–Trinajstić information content (AvgIpc) is 2.49. The van der Waals surface area contributed by atoms with Gasteiger partial charge in [-0.15, -0.1) is 0 Å². The van der Waals surface area contributed by atoms with Crippen molar-refractivity contribution in [3.05, 3.63) is 28.2 Å². The van der Waals surface area contributed by atoms with E-state index in [0.717, 1.165) is 0 Å². The van der Waals surface area contributed by atoms with Crippen molar-refractivity contribution in [2.45, 2.75) is 30.7 Å². The molecule has 1 aromatic carbocycles. The predicted molar refractivity (Wildman–Crippen MR) is 73.9 cm³/mol. The molecule has 7 nitrogen and oxygen atoms in total. The van der Waals surface area contributed by atoms with Gasteiger partial charge in [-0.25, -0.2) is 0 Å². The van der Waals surface area contributed by atoms with Crippen molar-refractivity contribution >= 4 is 22.2 Å². The molecule has 0 amide bonds. The first-order chi connectivity index (χ1) is 9.97. The molecule has 0 bridgehead atoms. The molecule has 1 saturated heterocycles. The summed E-state index contributed by atoms with van der Waals surface area (Å²) >= 11 is 3.21. The van der Waals surface area contributed by atoms with Crippen LogP contribution in [-0.2, 0) is 4.74 Å². The van der Waals surface area contributed by atoms with Gasteiger partial charge in [-0.2, -0.15) is 0 Å². The number of halogens is 1. The molecule has 0 aromatic heterocycles. The largest absolute Gasteiger partial charge is 0.461 e. The Labute approximate surface area is 128 Å². The summed E-state index contributed by atoms with van der Waals surface area (Å²) in [4.78, 5) is 10.7. The van der Waals surface area contributed by atoms with Crippen LogP contribution in [0.15, 0.2) is 22.7 Å². The van der Waals surface area contributed by atoms with Crippen molar-refractivity contribution in [3.63, 3.8) is 0 Å². The van der Waals surface area contributed by atoms with E-state index in [4.69, 9.17) is 14.6 Å². The quantitative estimate of drug-likeness (QED) is 0.530. The molecule has 1 aliphatic heterocycles. The lowest BCUT2D eigenvalue weighted by atomic mass is 9.99. The van der Waals surface area contributed by atoms with E-state index < -0.39 is 37.3 Å². The van der Waals surface area contributed by atoms with E-state index in [1.54, 1.807) is 0 Å². The van der Waals surface area contributed by atoms with E-state index >= 15 is 0 Å². The Kier molecular flexibility index (Phi) is 5.31. The number of hydrogen-bond acceptors (Lipinski definition) is 7. The summed E-state index contributed by atoms with van der Waals surface area (Å²) in [6.45, 7) is -0.532. The maximum atomic E-state index is 10.7. The Bertz CT molecular complexity index is 507. The molecule has 4 N–H and O–H groups in total. The van der Waals surface area contributed by atoms with Crippen molar-refractivity contribution in [1.29, 1.82) is 0 Å². The maximum absolute atomic E-state index is 10.7. The standard InChI is InChI=1S/C13H15BrO7/c14-7-3-6(4-15)1-2-8(7)20-13-12(19)11(18)10(17)9(5-16)21-13/h1-4,9-13,16-19H,5H2/t9-,10-,11+,12-,13-/m1/s1. The molecular formula is C13H15BrO7. The van der Waals surface area contributed by atoms with E-state index in [1.165, 1.54) is 18.2 Å². The summed E-state index contributed by atoms with van der Waals surface area (Å²) in [6, 6.07) is 4.53. The first-order valence-electron chi connectivity index (χ1n) is 6.20. The smallest absolute Gasteiger partial charge is 0.229 e. The lowest BCUT2D eigenvalue weighted by Gasteiger charge is -2.39. The minimum absolute atomic E-state index is 0.282. The van der Waals surface area contributed by atoms with Gasteiger partial charge >= 0.3 is 0 Å². The van der Waals surface area contributed by atoms with E-state index in [9.17, 15) is 20.1 Å². The van der Waals surface area contributed by atoms with Gasteiger partial charge < -0.3 is 29.9 Å². The minimum Gasteiger partial charge on any atom is -0.461 e. The van der Waals surface area contributed by atoms with Gasteiger partial charge in [0, 0.05) is 5.56 Å². The molecule has 2 rings (SSSR count). The van der Waals surface area contributed by atoms with Crippen molar-refractivity contribution in [3.8, 4) is 5.75 Å². The van der Waals surface area contributed by atoms with Crippen LogP contribution in [0.2, 0.25) is 0 Å². The molecule has 1 fully saturated rings. The second-order valence-electron chi connectivity index (χ2n) is 4.62. The second kappa shape index (κ2) is 6.82. The number of aliphatic hydroxyl groups is 4. The molecule has 0 saturated carbocycles. The van der Waals surface area contributed by atoms with Gasteiger partial charge in [0.2, 0.25) is 6.29 Å². The molecule has 1 aliphatic rings. The number of ether oxygens (including phenoxy) is 2. The topological polar surface area (TPSA) is 116 Å². The molecule has 0 unspecified atom stereocenters. The molecule has 1 heterocycles. The Balaban J connectivity index is 2.16. The van der Waals surface area contributed by atoms with Gasteiger partial charge in [-0.1, -0.05) is 0 Å². The van der Waals surface area contributed by atoms with E-state index in [0.29, 0.717) is 16.3 Å². The first-order valence-corrected chi connectivity index (χ1v) is 6.99. The third-order valence-corrected chi connectivity index (χ3v) is 3.80. The molecule has 5 atom stereocenters. The van der Waals surface area contributed by atoms with Crippen LogP contribution < -0.4 is 4.74 Å². The Morgan fingerprint density at radius 2 is 1.95 bits per heavy atom. The summed E-state index contributed by atoms with van der Waals surface area (Å²) in [6.07, 6.45) is -6.07. The van der Waals surface area contributed by atoms with Gasteiger partial charge in [0.05, 0.1) is 11.1 Å². The fourth-order valence-electron chi connectivity index (χ4n) is 1.98. The Morgan fingerprint density at radius 3 is 2.52 bits per heavy atom. The van der Waals surface area contributed by atoms with Crippen LogP contribution >= 0.6 is 15.9 Å². The summed E-state index contributed by atoms with van der Waals surface area (Å²) in [5, 5.41) is 38.3. The number of rotatable bonds is 4. The maximum Gasteiger partial charge on any atom is 0.229 e. The van der Waals surface area contributed by atoms with E-state index in [1.807, 2.05) is 0 Å². The van der Waals surface area contributed by atoms with Gasteiger partial charge in [0.1, 0.15) is 36.5 Å². The molecule has 21 heavy (non-hydrogen) atoms. The highest BCUT2D eigenvalue weighted by molar-refractivity contribution is 9.10. The van der Waals surface area contributed by atoms with E-state index in [-0.39, 0.29) is 5.75 Å². The minimum atomic E-state index is -1.51. The molecule has 1 aromatic rings. The number of benzene rings is 1. The van der Waals surface area contributed by atoms with Crippen LogP contribution in [0.4, 0.5) is 0 Å². The normalized spacial score (nSPS) is 32.7. The zero-order chi connectivity index (χ0) is 15.6. The van der Waals surface area contributed by atoms with Crippen LogP contribution in [0.5, 0.6) is 5.75 Å². The fourth-order valence-corrected chi connectivity index (χ4v) is 2.47. The predicted octanol–water partition coefficient (Wildman–Crippen LogP) is -0.560. The summed E-state index contributed by atoms with van der Waals surface area (Å²) < 4.78 is 11.1. The van der Waals surface area contributed by atoms with Gasteiger partial charge in [-0.05, 0) is 34.1 Å². The zero-order valence-electron chi connectivity index (χ0n) is 10.8. The SMILES string of the molecule is O=Cc1ccc(O[C@@H]2O[C@H](CO)[C@@H](O)[C@H](O)[C@H]2O)c(Br)c1. The van der Waals surface area contributed by atoms with Crippen LogP contribution in [0.1, 0.15) is 10.4 Å². The van der Waals surface area contributed by atoms with Crippen molar-refractivity contribution in [2.75, 3.05) is 6.61 Å². The summed E-state index contributed by atoms with van der Waals surface area (Å²) in [5.41, 5.74) is 0.433. The fraction of sp³-hybridized carbons (Fsp3) is 0.462. The number of carbonyl (C=O) groups is 1. The van der Waals surface area contributed by atoms with Gasteiger partial charge in [0.25, 0.3) is 0 Å². The number of aliphatic hydroxyl groups excluding tert-OH is 4. The van der Waals surface area contributed by atoms with Crippen molar-refractivity contribution in [1.82, 2.24) is 0 Å². The highest BCUT2D eigenvalue weighted by Gasteiger charge is 2.44. The second-order valence-corrected chi connectivity index (χ2v) is 5.48. The zero-order valence-corrected chi connectivity index (χ0v) is 12.4. The van der Waals surface area contributed by atoms with Crippen LogP contribution in [-0.4, -0.2) is 64.0 Å². The lowest BCUT2D eigenvalue weighted by Crippen LogP contribution is -2.60.